The lowest BCUT2D eigenvalue weighted by Crippen LogP contribution is -2.46. The molecule has 2 aliphatic rings. The number of likely N-dealkylation sites (tertiary alicyclic amines) is 2. The maximum absolute atomic E-state index is 4.28. The molecule has 0 aromatic heterocycles. The summed E-state index contributed by atoms with van der Waals surface area (Å²) in [6, 6.07) is 0.899. The molecule has 2 aliphatic heterocycles. The van der Waals surface area contributed by atoms with E-state index in [-0.39, 0.29) is 0 Å². The largest absolute Gasteiger partial charge is 0.303 e. The monoisotopic (exact) mass is 256 g/mol. The molecule has 2 nitrogen and oxygen atoms in total. The highest BCUT2D eigenvalue weighted by molar-refractivity contribution is 7.80. The smallest absolute Gasteiger partial charge is 0.0120 e. The molecule has 2 fully saturated rings. The van der Waals surface area contributed by atoms with Crippen LogP contribution >= 0.6 is 12.6 Å². The van der Waals surface area contributed by atoms with Crippen LogP contribution in [0.25, 0.3) is 0 Å². The van der Waals surface area contributed by atoms with Gasteiger partial charge in [-0.05, 0) is 77.0 Å². The topological polar surface area (TPSA) is 6.48 Å². The van der Waals surface area contributed by atoms with Crippen LogP contribution in [0.15, 0.2) is 0 Å². The van der Waals surface area contributed by atoms with Crippen LogP contribution in [0.5, 0.6) is 0 Å². The van der Waals surface area contributed by atoms with Crippen LogP contribution in [0, 0.1) is 0 Å². The Balaban J connectivity index is 1.63. The minimum Gasteiger partial charge on any atom is -0.303 e. The van der Waals surface area contributed by atoms with E-state index in [9.17, 15) is 0 Å². The number of rotatable bonds is 5. The van der Waals surface area contributed by atoms with E-state index >= 15 is 0 Å². The molecule has 0 bridgehead atoms. The van der Waals surface area contributed by atoms with Gasteiger partial charge in [-0.1, -0.05) is 6.42 Å². The molecule has 0 aromatic rings. The molecule has 0 atom stereocenters. The summed E-state index contributed by atoms with van der Waals surface area (Å²) in [5, 5.41) is 0. The van der Waals surface area contributed by atoms with E-state index in [1.165, 1.54) is 77.7 Å². The van der Waals surface area contributed by atoms with Gasteiger partial charge < -0.3 is 9.80 Å². The quantitative estimate of drug-likeness (QED) is 0.597. The minimum absolute atomic E-state index is 0.899. The van der Waals surface area contributed by atoms with E-state index in [0.717, 1.165) is 11.8 Å². The number of hydrogen-bond donors (Lipinski definition) is 1. The molecule has 0 aromatic carbocycles. The van der Waals surface area contributed by atoms with Crippen molar-refractivity contribution < 1.29 is 0 Å². The first-order valence-corrected chi connectivity index (χ1v) is 8.10. The summed E-state index contributed by atoms with van der Waals surface area (Å²) in [6.07, 6.45) is 9.73. The first-order chi connectivity index (χ1) is 8.40. The maximum atomic E-state index is 4.28. The van der Waals surface area contributed by atoms with Gasteiger partial charge in [0.05, 0.1) is 0 Å². The SMILES string of the molecule is SCCCCN1CCC(N2CCCCC2)CC1. The summed E-state index contributed by atoms with van der Waals surface area (Å²) in [6.45, 7) is 6.68. The molecule has 0 saturated carbocycles. The van der Waals surface area contributed by atoms with Gasteiger partial charge in [0.25, 0.3) is 0 Å². The lowest BCUT2D eigenvalue weighted by Gasteiger charge is -2.40. The van der Waals surface area contributed by atoms with Crippen molar-refractivity contribution in [2.45, 2.75) is 51.0 Å². The lowest BCUT2D eigenvalue weighted by molar-refractivity contribution is 0.0921. The van der Waals surface area contributed by atoms with E-state index in [4.69, 9.17) is 0 Å². The second-order valence-electron chi connectivity index (χ2n) is 5.60. The normalized spacial score (nSPS) is 25.2. The summed E-state index contributed by atoms with van der Waals surface area (Å²) < 4.78 is 0. The highest BCUT2D eigenvalue weighted by atomic mass is 32.1. The molecule has 0 amide bonds. The Morgan fingerprint density at radius 1 is 0.882 bits per heavy atom. The van der Waals surface area contributed by atoms with Crippen LogP contribution in [-0.4, -0.2) is 54.3 Å². The maximum Gasteiger partial charge on any atom is 0.0120 e. The van der Waals surface area contributed by atoms with E-state index in [2.05, 4.69) is 22.4 Å². The van der Waals surface area contributed by atoms with Gasteiger partial charge in [-0.2, -0.15) is 12.6 Å². The van der Waals surface area contributed by atoms with Crippen LogP contribution in [0.4, 0.5) is 0 Å². The van der Waals surface area contributed by atoms with Gasteiger partial charge in [0, 0.05) is 6.04 Å². The van der Waals surface area contributed by atoms with Crippen LogP contribution in [-0.2, 0) is 0 Å². The van der Waals surface area contributed by atoms with Crippen molar-refractivity contribution in [1.82, 2.24) is 9.80 Å². The molecule has 0 spiro atoms. The van der Waals surface area contributed by atoms with Gasteiger partial charge in [-0.25, -0.2) is 0 Å². The fraction of sp³-hybridized carbons (Fsp3) is 1.00. The third-order valence-corrected chi connectivity index (χ3v) is 4.66. The van der Waals surface area contributed by atoms with Gasteiger partial charge in [0.1, 0.15) is 0 Å². The van der Waals surface area contributed by atoms with Gasteiger partial charge in [0.2, 0.25) is 0 Å². The van der Waals surface area contributed by atoms with Crippen LogP contribution in [0.2, 0.25) is 0 Å². The Labute approximate surface area is 112 Å². The molecule has 0 unspecified atom stereocenters. The fourth-order valence-electron chi connectivity index (χ4n) is 3.24. The molecule has 2 saturated heterocycles. The van der Waals surface area contributed by atoms with Crippen molar-refractivity contribution >= 4 is 12.6 Å². The second kappa shape index (κ2) is 7.65. The fourth-order valence-corrected chi connectivity index (χ4v) is 3.46. The minimum atomic E-state index is 0.899. The van der Waals surface area contributed by atoms with E-state index < -0.39 is 0 Å². The zero-order valence-electron chi connectivity index (χ0n) is 11.1. The van der Waals surface area contributed by atoms with Crippen LogP contribution < -0.4 is 0 Å². The average Bonchev–Trinajstić information content (AvgIpc) is 2.41. The van der Waals surface area contributed by atoms with Crippen molar-refractivity contribution in [3.05, 3.63) is 0 Å². The predicted octanol–water partition coefficient (Wildman–Crippen LogP) is 2.65. The molecule has 2 heterocycles. The van der Waals surface area contributed by atoms with Crippen molar-refractivity contribution in [3.63, 3.8) is 0 Å². The van der Waals surface area contributed by atoms with Crippen molar-refractivity contribution in [2.75, 3.05) is 38.5 Å². The Morgan fingerprint density at radius 2 is 1.59 bits per heavy atom. The zero-order valence-corrected chi connectivity index (χ0v) is 12.0. The van der Waals surface area contributed by atoms with Gasteiger partial charge in [0.15, 0.2) is 0 Å². The highest BCUT2D eigenvalue weighted by Gasteiger charge is 2.24. The van der Waals surface area contributed by atoms with Crippen molar-refractivity contribution in [2.24, 2.45) is 0 Å². The second-order valence-corrected chi connectivity index (χ2v) is 6.05. The predicted molar refractivity (Wildman–Crippen MR) is 78.0 cm³/mol. The average molecular weight is 256 g/mol. The standard InChI is InChI=1S/C14H28N2S/c17-13-5-4-8-15-11-6-14(7-12-15)16-9-2-1-3-10-16/h14,17H,1-13H2. The zero-order chi connectivity index (χ0) is 11.9. The molecule has 100 valence electrons. The Kier molecular flexibility index (Phi) is 6.16. The lowest BCUT2D eigenvalue weighted by atomic mass is 10.00. The van der Waals surface area contributed by atoms with E-state index in [1.807, 2.05) is 0 Å². The number of nitrogens with zero attached hydrogens (tertiary/aromatic N) is 2. The molecule has 0 aliphatic carbocycles. The number of unbranched alkanes of at least 4 members (excludes halogenated alkanes) is 1. The summed E-state index contributed by atoms with van der Waals surface area (Å²) in [4.78, 5) is 5.42. The molecule has 0 N–H and O–H groups in total. The molecule has 3 heteroatoms. The number of hydrogen-bond acceptors (Lipinski definition) is 3. The Bertz CT molecular complexity index is 196. The molecular formula is C14H28N2S. The number of piperidine rings is 2. The van der Waals surface area contributed by atoms with Gasteiger partial charge in [-0.3, -0.25) is 0 Å². The van der Waals surface area contributed by atoms with E-state index in [1.54, 1.807) is 0 Å². The van der Waals surface area contributed by atoms with E-state index in [0.29, 0.717) is 0 Å². The van der Waals surface area contributed by atoms with Gasteiger partial charge >= 0.3 is 0 Å². The molecule has 2 rings (SSSR count). The highest BCUT2D eigenvalue weighted by Crippen LogP contribution is 2.20. The van der Waals surface area contributed by atoms with Gasteiger partial charge in [-0.15, -0.1) is 0 Å². The summed E-state index contributed by atoms with van der Waals surface area (Å²) >= 11 is 4.28. The summed E-state index contributed by atoms with van der Waals surface area (Å²) in [7, 11) is 0. The third-order valence-electron chi connectivity index (χ3n) is 4.35. The number of thiol groups is 1. The van der Waals surface area contributed by atoms with Crippen molar-refractivity contribution in [1.29, 1.82) is 0 Å². The Hall–Kier alpha value is 0.270. The summed E-state index contributed by atoms with van der Waals surface area (Å²) in [5.74, 6) is 1.05. The van der Waals surface area contributed by atoms with Crippen LogP contribution in [0.3, 0.4) is 0 Å². The first-order valence-electron chi connectivity index (χ1n) is 7.47. The Morgan fingerprint density at radius 3 is 2.24 bits per heavy atom. The third kappa shape index (κ3) is 4.46. The van der Waals surface area contributed by atoms with Crippen molar-refractivity contribution in [3.8, 4) is 0 Å². The van der Waals surface area contributed by atoms with Crippen LogP contribution in [0.1, 0.15) is 44.9 Å². The molecule has 0 radical (unpaired) electrons. The first kappa shape index (κ1) is 13.7. The molecule has 17 heavy (non-hydrogen) atoms. The molecular weight excluding hydrogens is 228 g/mol. The summed E-state index contributed by atoms with van der Waals surface area (Å²) in [5.41, 5.74) is 0.